The highest BCUT2D eigenvalue weighted by atomic mass is 35.5. The van der Waals surface area contributed by atoms with E-state index in [0.717, 1.165) is 36.0 Å². The second-order valence-electron chi connectivity index (χ2n) is 9.72. The first-order valence-corrected chi connectivity index (χ1v) is 12.7. The summed E-state index contributed by atoms with van der Waals surface area (Å²) in [5.41, 5.74) is 2.32. The molecule has 2 aromatic carbocycles. The van der Waals surface area contributed by atoms with Crippen LogP contribution < -0.4 is 4.74 Å². The number of carbonyl (C=O) groups excluding carboxylic acids is 1. The van der Waals surface area contributed by atoms with Crippen LogP contribution in [0.3, 0.4) is 0 Å². The third-order valence-corrected chi connectivity index (χ3v) is 7.50. The van der Waals surface area contributed by atoms with Crippen LogP contribution >= 0.6 is 22.9 Å². The number of piperazine rings is 1. The molecule has 0 radical (unpaired) electrons. The van der Waals surface area contributed by atoms with Crippen LogP contribution in [-0.2, 0) is 4.74 Å². The zero-order valence-electron chi connectivity index (χ0n) is 19.3. The number of hydrogen-bond donors (Lipinski definition) is 0. The first-order chi connectivity index (χ1) is 15.8. The summed E-state index contributed by atoms with van der Waals surface area (Å²) in [7, 11) is 0. The van der Waals surface area contributed by atoms with E-state index in [1.54, 1.807) is 17.4 Å². The molecule has 5 nitrogen and oxygen atoms in total. The van der Waals surface area contributed by atoms with Gasteiger partial charge in [-0.2, -0.15) is 0 Å². The Morgan fingerprint density at radius 2 is 2.00 bits per heavy atom. The Kier molecular flexibility index (Phi) is 6.12. The third-order valence-electron chi connectivity index (χ3n) is 6.30. The van der Waals surface area contributed by atoms with Crippen molar-refractivity contribution in [2.24, 2.45) is 0 Å². The van der Waals surface area contributed by atoms with Crippen molar-refractivity contribution >= 4 is 38.9 Å². The van der Waals surface area contributed by atoms with Gasteiger partial charge in [-0.25, -0.2) is 0 Å². The summed E-state index contributed by atoms with van der Waals surface area (Å²) in [5.74, 6) is 0.608. The molecule has 1 saturated heterocycles. The number of fused-ring (bicyclic) bond motifs is 3. The highest BCUT2D eigenvalue weighted by Gasteiger charge is 2.34. The lowest BCUT2D eigenvalue weighted by molar-refractivity contribution is -0.0806. The lowest BCUT2D eigenvalue weighted by atomic mass is 9.98. The number of amides is 1. The summed E-state index contributed by atoms with van der Waals surface area (Å²) in [6, 6.07) is 12.2. The Labute approximate surface area is 203 Å². The van der Waals surface area contributed by atoms with E-state index in [-0.39, 0.29) is 17.6 Å². The molecule has 0 spiro atoms. The number of ether oxygens (including phenoxy) is 2. The maximum Gasteiger partial charge on any atom is 0.258 e. The normalized spacial score (nSPS) is 19.6. The summed E-state index contributed by atoms with van der Waals surface area (Å²) in [5, 5.41) is 3.82. The third kappa shape index (κ3) is 4.62. The van der Waals surface area contributed by atoms with E-state index in [1.807, 2.05) is 17.0 Å². The van der Waals surface area contributed by atoms with Crippen LogP contribution in [0.5, 0.6) is 5.75 Å². The SMILES string of the molecule is CC(C)(C)OCN1CCN2C(=O)c3cc(Cl)c(-c4cccc5sccc45)cc3OCC[C@H]2C1. The van der Waals surface area contributed by atoms with Crippen molar-refractivity contribution in [3.8, 4) is 16.9 Å². The molecule has 1 amide bonds. The van der Waals surface area contributed by atoms with Crippen LogP contribution in [0, 0.1) is 0 Å². The van der Waals surface area contributed by atoms with Crippen molar-refractivity contribution in [1.82, 2.24) is 9.80 Å². The largest absolute Gasteiger partial charge is 0.493 e. The molecule has 2 aliphatic heterocycles. The maximum atomic E-state index is 13.6. The van der Waals surface area contributed by atoms with Crippen LogP contribution in [-0.4, -0.2) is 60.3 Å². The Bertz CT molecular complexity index is 1190. The minimum absolute atomic E-state index is 0.00622. The first kappa shape index (κ1) is 22.7. The van der Waals surface area contributed by atoms with Gasteiger partial charge in [-0.05, 0) is 56.0 Å². The fraction of sp³-hybridized carbons (Fsp3) is 0.423. The van der Waals surface area contributed by atoms with E-state index in [2.05, 4.69) is 49.3 Å². The molecule has 2 aliphatic rings. The average molecular weight is 485 g/mol. The number of thiophene rings is 1. The van der Waals surface area contributed by atoms with Gasteiger partial charge in [0, 0.05) is 52.8 Å². The van der Waals surface area contributed by atoms with Crippen molar-refractivity contribution in [3.63, 3.8) is 0 Å². The van der Waals surface area contributed by atoms with E-state index in [9.17, 15) is 4.79 Å². The topological polar surface area (TPSA) is 42.0 Å². The molecule has 1 fully saturated rings. The number of hydrogen-bond acceptors (Lipinski definition) is 5. The molecule has 0 unspecified atom stereocenters. The Hall–Kier alpha value is -2.12. The number of carbonyl (C=O) groups is 1. The Morgan fingerprint density at radius 1 is 1.15 bits per heavy atom. The molecule has 1 atom stereocenters. The van der Waals surface area contributed by atoms with E-state index in [4.69, 9.17) is 21.1 Å². The molecule has 7 heteroatoms. The van der Waals surface area contributed by atoms with Crippen molar-refractivity contribution in [1.29, 1.82) is 0 Å². The smallest absolute Gasteiger partial charge is 0.258 e. The lowest BCUT2D eigenvalue weighted by Gasteiger charge is -2.43. The van der Waals surface area contributed by atoms with Crippen LogP contribution in [0.15, 0.2) is 41.8 Å². The molecular weight excluding hydrogens is 456 g/mol. The predicted molar refractivity (Wildman–Crippen MR) is 134 cm³/mol. The van der Waals surface area contributed by atoms with E-state index in [0.29, 0.717) is 36.2 Å². The summed E-state index contributed by atoms with van der Waals surface area (Å²) < 4.78 is 13.3. The van der Waals surface area contributed by atoms with Gasteiger partial charge in [0.1, 0.15) is 5.75 Å². The molecule has 0 saturated carbocycles. The standard InChI is InChI=1S/C26H29ClN2O3S/c1-26(2,3)32-16-28-9-10-29-17(15-28)7-11-31-23-14-20(22(27)13-21(23)25(29)30)18-5-4-6-24-19(18)8-12-33-24/h4-6,8,12-14,17H,7,9-11,15-16H2,1-3H3/t17-/m0/s1. The minimum atomic E-state index is -0.183. The molecule has 0 bridgehead atoms. The van der Waals surface area contributed by atoms with Crippen LogP contribution in [0.4, 0.5) is 0 Å². The van der Waals surface area contributed by atoms with Crippen molar-refractivity contribution in [2.75, 3.05) is 33.0 Å². The van der Waals surface area contributed by atoms with E-state index >= 15 is 0 Å². The van der Waals surface area contributed by atoms with E-state index in [1.165, 1.54) is 4.70 Å². The van der Waals surface area contributed by atoms with Gasteiger partial charge in [0.05, 0.1) is 24.5 Å². The highest BCUT2D eigenvalue weighted by molar-refractivity contribution is 7.17. The molecule has 3 heterocycles. The first-order valence-electron chi connectivity index (χ1n) is 11.4. The molecule has 5 rings (SSSR count). The number of halogens is 1. The maximum absolute atomic E-state index is 13.6. The molecule has 1 aromatic heterocycles. The van der Waals surface area contributed by atoms with Gasteiger partial charge in [-0.3, -0.25) is 9.69 Å². The van der Waals surface area contributed by atoms with Gasteiger partial charge in [0.15, 0.2) is 0 Å². The van der Waals surface area contributed by atoms with Crippen molar-refractivity contribution < 1.29 is 14.3 Å². The highest BCUT2D eigenvalue weighted by Crippen LogP contribution is 2.40. The molecule has 33 heavy (non-hydrogen) atoms. The van der Waals surface area contributed by atoms with Crippen molar-refractivity contribution in [3.05, 3.63) is 52.4 Å². The lowest BCUT2D eigenvalue weighted by Crippen LogP contribution is -2.56. The minimum Gasteiger partial charge on any atom is -0.493 e. The van der Waals surface area contributed by atoms with Crippen molar-refractivity contribution in [2.45, 2.75) is 38.8 Å². The Morgan fingerprint density at radius 3 is 2.82 bits per heavy atom. The second kappa shape index (κ2) is 8.91. The van der Waals surface area contributed by atoms with Crippen LogP contribution in [0.1, 0.15) is 37.6 Å². The zero-order chi connectivity index (χ0) is 23.2. The van der Waals surface area contributed by atoms with Gasteiger partial charge < -0.3 is 14.4 Å². The monoisotopic (exact) mass is 484 g/mol. The van der Waals surface area contributed by atoms with Gasteiger partial charge >= 0.3 is 0 Å². The molecule has 174 valence electrons. The summed E-state index contributed by atoms with van der Waals surface area (Å²) in [6.45, 7) is 9.55. The molecule has 0 N–H and O–H groups in total. The van der Waals surface area contributed by atoms with Gasteiger partial charge in [0.25, 0.3) is 5.91 Å². The van der Waals surface area contributed by atoms with Gasteiger partial charge in [-0.1, -0.05) is 23.7 Å². The number of nitrogens with zero attached hydrogens (tertiary/aromatic N) is 2. The summed E-state index contributed by atoms with van der Waals surface area (Å²) in [6.07, 6.45) is 0.787. The van der Waals surface area contributed by atoms with Gasteiger partial charge in [0.2, 0.25) is 0 Å². The Balaban J connectivity index is 1.42. The second-order valence-corrected chi connectivity index (χ2v) is 11.1. The molecule has 3 aromatic rings. The van der Waals surface area contributed by atoms with Crippen LogP contribution in [0.2, 0.25) is 5.02 Å². The fourth-order valence-electron chi connectivity index (χ4n) is 4.57. The van der Waals surface area contributed by atoms with Crippen LogP contribution in [0.25, 0.3) is 21.2 Å². The zero-order valence-corrected chi connectivity index (χ0v) is 20.8. The summed E-state index contributed by atoms with van der Waals surface area (Å²) in [4.78, 5) is 17.8. The van der Waals surface area contributed by atoms with E-state index < -0.39 is 0 Å². The summed E-state index contributed by atoms with van der Waals surface area (Å²) >= 11 is 8.46. The quantitative estimate of drug-likeness (QED) is 0.464. The predicted octanol–water partition coefficient (Wildman–Crippen LogP) is 5.90. The number of benzene rings is 2. The fourth-order valence-corrected chi connectivity index (χ4v) is 5.65. The average Bonchev–Trinajstić information content (AvgIpc) is 3.26. The van der Waals surface area contributed by atoms with Gasteiger partial charge in [-0.15, -0.1) is 11.3 Å². The number of rotatable bonds is 3. The molecule has 0 aliphatic carbocycles. The molecular formula is C26H29ClN2O3S.